The molecule has 1 amide bonds. The van der Waals surface area contributed by atoms with Crippen LogP contribution in [-0.2, 0) is 4.79 Å². The first-order chi connectivity index (χ1) is 9.91. The minimum absolute atomic E-state index is 0.0735. The molecule has 1 heterocycles. The number of hydrogen-bond acceptors (Lipinski definition) is 3. The number of nitrogens with two attached hydrogens (primary N) is 1. The largest absolute Gasteiger partial charge is 0.368 e. The summed E-state index contributed by atoms with van der Waals surface area (Å²) in [5.74, 6) is -0.250. The van der Waals surface area contributed by atoms with Crippen LogP contribution in [0.4, 0.5) is 0 Å². The Morgan fingerprint density at radius 2 is 2.00 bits per heavy atom. The number of carbonyl (C=O) groups excluding carboxylic acids is 2. The van der Waals surface area contributed by atoms with Gasteiger partial charge in [-0.05, 0) is 51.8 Å². The van der Waals surface area contributed by atoms with E-state index in [1.807, 2.05) is 43.9 Å². The predicted octanol–water partition coefficient (Wildman–Crippen LogP) is 2.21. The summed E-state index contributed by atoms with van der Waals surface area (Å²) in [5.41, 5.74) is 8.29. The second kappa shape index (κ2) is 6.39. The van der Waals surface area contributed by atoms with Crippen molar-refractivity contribution < 1.29 is 9.59 Å². The third-order valence-corrected chi connectivity index (χ3v) is 4.41. The summed E-state index contributed by atoms with van der Waals surface area (Å²) >= 11 is 0. The van der Waals surface area contributed by atoms with Crippen LogP contribution in [0, 0.1) is 13.8 Å². The first-order valence-electron chi connectivity index (χ1n) is 7.58. The normalized spacial score (nSPS) is 21.0. The fraction of sp³-hybridized carbons (Fsp3) is 0.529. The first kappa shape index (κ1) is 15.7. The molecular formula is C17H24N2O2. The number of carbonyl (C=O) groups is 2. The zero-order valence-corrected chi connectivity index (χ0v) is 13.1. The molecule has 1 saturated heterocycles. The summed E-state index contributed by atoms with van der Waals surface area (Å²) in [7, 11) is 0. The fourth-order valence-corrected chi connectivity index (χ4v) is 3.10. The second-order valence-corrected chi connectivity index (χ2v) is 6.01. The lowest BCUT2D eigenvalue weighted by molar-refractivity contribution is -0.124. The topological polar surface area (TPSA) is 63.4 Å². The van der Waals surface area contributed by atoms with E-state index in [0.717, 1.165) is 42.5 Å². The van der Waals surface area contributed by atoms with Crippen LogP contribution < -0.4 is 5.73 Å². The third kappa shape index (κ3) is 3.32. The summed E-state index contributed by atoms with van der Waals surface area (Å²) < 4.78 is 0. The molecule has 0 saturated carbocycles. The number of piperidine rings is 1. The number of amides is 1. The number of nitrogens with zero attached hydrogens (tertiary/aromatic N) is 1. The van der Waals surface area contributed by atoms with Crippen LogP contribution in [0.3, 0.4) is 0 Å². The van der Waals surface area contributed by atoms with Gasteiger partial charge in [0.1, 0.15) is 0 Å². The molecule has 0 radical (unpaired) electrons. The highest BCUT2D eigenvalue weighted by molar-refractivity contribution is 6.01. The van der Waals surface area contributed by atoms with Gasteiger partial charge in [0.2, 0.25) is 5.91 Å². The van der Waals surface area contributed by atoms with Gasteiger partial charge in [0.25, 0.3) is 0 Å². The number of likely N-dealkylation sites (tertiary alicyclic amines) is 1. The highest BCUT2D eigenvalue weighted by Crippen LogP contribution is 2.22. The van der Waals surface area contributed by atoms with Crippen molar-refractivity contribution in [2.75, 3.05) is 6.54 Å². The number of rotatable bonds is 4. The highest BCUT2D eigenvalue weighted by atomic mass is 16.1. The van der Waals surface area contributed by atoms with Gasteiger partial charge in [0.15, 0.2) is 5.78 Å². The van der Waals surface area contributed by atoms with E-state index < -0.39 is 0 Å². The van der Waals surface area contributed by atoms with E-state index in [2.05, 4.69) is 0 Å². The van der Waals surface area contributed by atoms with Gasteiger partial charge >= 0.3 is 0 Å². The molecule has 114 valence electrons. The van der Waals surface area contributed by atoms with Crippen molar-refractivity contribution in [2.24, 2.45) is 5.73 Å². The number of benzene rings is 1. The van der Waals surface area contributed by atoms with Crippen molar-refractivity contribution in [3.05, 3.63) is 34.9 Å². The number of Topliss-reactive ketones (excluding diaryl/α,β-unsaturated/α-hetero) is 1. The summed E-state index contributed by atoms with van der Waals surface area (Å²) in [6.07, 6.45) is 2.75. The van der Waals surface area contributed by atoms with Gasteiger partial charge in [-0.1, -0.05) is 24.1 Å². The SMILES string of the molecule is Cc1ccc(C)c(C(=O)C(C)N2CCCCC2C(N)=O)c1. The first-order valence-corrected chi connectivity index (χ1v) is 7.58. The number of aryl methyl sites for hydroxylation is 2. The van der Waals surface area contributed by atoms with Crippen LogP contribution in [0.1, 0.15) is 47.7 Å². The Bertz CT molecular complexity index is 554. The molecular weight excluding hydrogens is 264 g/mol. The van der Waals surface area contributed by atoms with Gasteiger partial charge in [0, 0.05) is 5.56 Å². The molecule has 2 atom stereocenters. The van der Waals surface area contributed by atoms with E-state index in [0.29, 0.717) is 0 Å². The molecule has 1 fully saturated rings. The van der Waals surface area contributed by atoms with Gasteiger partial charge in [-0.25, -0.2) is 0 Å². The molecule has 2 N–H and O–H groups in total. The highest BCUT2D eigenvalue weighted by Gasteiger charge is 2.34. The smallest absolute Gasteiger partial charge is 0.234 e. The second-order valence-electron chi connectivity index (χ2n) is 6.01. The lowest BCUT2D eigenvalue weighted by Crippen LogP contribution is -2.53. The van der Waals surface area contributed by atoms with Crippen LogP contribution in [0.15, 0.2) is 18.2 Å². The molecule has 21 heavy (non-hydrogen) atoms. The Kier molecular flexibility index (Phi) is 4.78. The molecule has 0 aliphatic carbocycles. The van der Waals surface area contributed by atoms with Gasteiger partial charge in [-0.15, -0.1) is 0 Å². The van der Waals surface area contributed by atoms with E-state index in [1.54, 1.807) is 0 Å². The molecule has 2 rings (SSSR count). The monoisotopic (exact) mass is 288 g/mol. The molecule has 1 aliphatic rings. The molecule has 1 aromatic rings. The maximum Gasteiger partial charge on any atom is 0.234 e. The number of hydrogen-bond donors (Lipinski definition) is 1. The average Bonchev–Trinajstić information content (AvgIpc) is 2.48. The van der Waals surface area contributed by atoms with Crippen molar-refractivity contribution in [1.29, 1.82) is 0 Å². The van der Waals surface area contributed by atoms with Crippen molar-refractivity contribution in [3.8, 4) is 0 Å². The fourth-order valence-electron chi connectivity index (χ4n) is 3.10. The van der Waals surface area contributed by atoms with Gasteiger partial charge in [-0.3, -0.25) is 14.5 Å². The Morgan fingerprint density at radius 1 is 1.29 bits per heavy atom. The van der Waals surface area contributed by atoms with E-state index in [9.17, 15) is 9.59 Å². The third-order valence-electron chi connectivity index (χ3n) is 4.41. The number of ketones is 1. The summed E-state index contributed by atoms with van der Waals surface area (Å²) in [4.78, 5) is 26.4. The van der Waals surface area contributed by atoms with Gasteiger partial charge in [0.05, 0.1) is 12.1 Å². The van der Waals surface area contributed by atoms with Crippen LogP contribution in [0.25, 0.3) is 0 Å². The van der Waals surface area contributed by atoms with Crippen molar-refractivity contribution in [1.82, 2.24) is 4.90 Å². The maximum atomic E-state index is 12.8. The quantitative estimate of drug-likeness (QED) is 0.864. The Labute approximate surface area is 126 Å². The van der Waals surface area contributed by atoms with E-state index in [-0.39, 0.29) is 23.8 Å². The molecule has 0 aromatic heterocycles. The lowest BCUT2D eigenvalue weighted by Gasteiger charge is -2.37. The zero-order valence-electron chi connectivity index (χ0n) is 13.1. The van der Waals surface area contributed by atoms with Crippen LogP contribution in [0.2, 0.25) is 0 Å². The Balaban J connectivity index is 2.25. The standard InChI is InChI=1S/C17H24N2O2/c1-11-7-8-12(2)14(10-11)16(20)13(3)19-9-5-4-6-15(19)17(18)21/h7-8,10,13,15H,4-6,9H2,1-3H3,(H2,18,21). The van der Waals surface area contributed by atoms with Crippen LogP contribution in [-0.4, -0.2) is 35.2 Å². The van der Waals surface area contributed by atoms with Crippen LogP contribution in [0.5, 0.6) is 0 Å². The maximum absolute atomic E-state index is 12.8. The average molecular weight is 288 g/mol. The Morgan fingerprint density at radius 3 is 2.67 bits per heavy atom. The number of primary amides is 1. The predicted molar refractivity (Wildman–Crippen MR) is 83.2 cm³/mol. The molecule has 2 unspecified atom stereocenters. The van der Waals surface area contributed by atoms with Gasteiger partial charge in [-0.2, -0.15) is 0 Å². The minimum atomic E-state index is -0.324. The molecule has 0 spiro atoms. The van der Waals surface area contributed by atoms with Crippen molar-refractivity contribution in [2.45, 2.75) is 52.1 Å². The van der Waals surface area contributed by atoms with Crippen molar-refractivity contribution in [3.63, 3.8) is 0 Å². The molecule has 1 aliphatic heterocycles. The lowest BCUT2D eigenvalue weighted by atomic mass is 9.93. The molecule has 0 bridgehead atoms. The summed E-state index contributed by atoms with van der Waals surface area (Å²) in [6, 6.07) is 5.27. The van der Waals surface area contributed by atoms with E-state index in [4.69, 9.17) is 5.73 Å². The molecule has 4 nitrogen and oxygen atoms in total. The van der Waals surface area contributed by atoms with E-state index in [1.165, 1.54) is 0 Å². The molecule has 1 aromatic carbocycles. The summed E-state index contributed by atoms with van der Waals surface area (Å²) in [5, 5.41) is 0. The summed E-state index contributed by atoms with van der Waals surface area (Å²) in [6.45, 7) is 6.56. The Hall–Kier alpha value is -1.68. The van der Waals surface area contributed by atoms with Crippen LogP contribution >= 0.6 is 0 Å². The minimum Gasteiger partial charge on any atom is -0.368 e. The van der Waals surface area contributed by atoms with Gasteiger partial charge < -0.3 is 5.73 Å². The van der Waals surface area contributed by atoms with Crippen molar-refractivity contribution >= 4 is 11.7 Å². The zero-order chi connectivity index (χ0) is 15.6. The molecule has 4 heteroatoms. The van der Waals surface area contributed by atoms with E-state index >= 15 is 0 Å².